The fourth-order valence-electron chi connectivity index (χ4n) is 4.11. The summed E-state index contributed by atoms with van der Waals surface area (Å²) >= 11 is 0. The lowest BCUT2D eigenvalue weighted by Gasteiger charge is -2.26. The molecular weight excluding hydrogens is 418 g/mol. The van der Waals surface area contributed by atoms with E-state index in [-0.39, 0.29) is 11.3 Å². The number of ether oxygens (including phenoxy) is 2. The van der Waals surface area contributed by atoms with Gasteiger partial charge in [-0.25, -0.2) is 0 Å². The number of aliphatic hydroxyl groups is 1. The molecular formula is C27H25NO5. The van der Waals surface area contributed by atoms with E-state index in [1.54, 1.807) is 62.8 Å². The number of rotatable bonds is 5. The van der Waals surface area contributed by atoms with Gasteiger partial charge in [0.25, 0.3) is 11.7 Å². The van der Waals surface area contributed by atoms with E-state index in [1.807, 2.05) is 32.0 Å². The third kappa shape index (κ3) is 3.96. The van der Waals surface area contributed by atoms with Gasteiger partial charge in [-0.15, -0.1) is 0 Å². The topological polar surface area (TPSA) is 76.1 Å². The number of Topliss-reactive ketones (excluding diaryl/α,β-unsaturated/α-hetero) is 1. The Morgan fingerprint density at radius 3 is 2.18 bits per heavy atom. The molecule has 3 aromatic carbocycles. The van der Waals surface area contributed by atoms with Gasteiger partial charge in [0.15, 0.2) is 0 Å². The summed E-state index contributed by atoms with van der Waals surface area (Å²) in [4.78, 5) is 28.0. The van der Waals surface area contributed by atoms with E-state index in [2.05, 4.69) is 0 Å². The van der Waals surface area contributed by atoms with Crippen molar-refractivity contribution in [2.75, 3.05) is 19.1 Å². The third-order valence-electron chi connectivity index (χ3n) is 5.85. The summed E-state index contributed by atoms with van der Waals surface area (Å²) in [6, 6.07) is 18.9. The largest absolute Gasteiger partial charge is 0.507 e. The second-order valence-corrected chi connectivity index (χ2v) is 7.96. The highest BCUT2D eigenvalue weighted by molar-refractivity contribution is 6.51. The number of methoxy groups -OCH3 is 2. The summed E-state index contributed by atoms with van der Waals surface area (Å²) in [6.45, 7) is 3.76. The maximum Gasteiger partial charge on any atom is 0.300 e. The molecule has 1 unspecified atom stereocenters. The Hall–Kier alpha value is -4.06. The number of ketones is 1. The monoisotopic (exact) mass is 443 g/mol. The molecule has 3 aromatic rings. The van der Waals surface area contributed by atoms with Crippen LogP contribution in [0.15, 0.2) is 72.3 Å². The van der Waals surface area contributed by atoms with Crippen LogP contribution < -0.4 is 14.4 Å². The molecule has 1 N–H and O–H groups in total. The summed E-state index contributed by atoms with van der Waals surface area (Å²) in [5.41, 5.74) is 3.47. The zero-order valence-corrected chi connectivity index (χ0v) is 19.0. The van der Waals surface area contributed by atoms with Crippen molar-refractivity contribution >= 4 is 23.1 Å². The van der Waals surface area contributed by atoms with Gasteiger partial charge in [-0.05, 0) is 67.4 Å². The first-order valence-electron chi connectivity index (χ1n) is 10.5. The molecule has 1 saturated heterocycles. The number of nitrogens with zero attached hydrogens (tertiary/aromatic N) is 1. The van der Waals surface area contributed by atoms with Crippen molar-refractivity contribution in [1.29, 1.82) is 0 Å². The molecule has 6 heteroatoms. The normalized spacial score (nSPS) is 17.3. The Morgan fingerprint density at radius 2 is 1.55 bits per heavy atom. The molecule has 0 bridgehead atoms. The average Bonchev–Trinajstić information content (AvgIpc) is 3.09. The van der Waals surface area contributed by atoms with Crippen molar-refractivity contribution in [3.63, 3.8) is 0 Å². The number of carbonyl (C=O) groups is 2. The molecule has 0 aliphatic carbocycles. The van der Waals surface area contributed by atoms with Crippen molar-refractivity contribution < 1.29 is 24.2 Å². The standard InChI is InChI=1S/C27H25NO5/c1-16-8-10-19(11-9-16)28-24(18-6-5-7-20(15-18)32-3)23(26(30)27(28)31)25(29)22-13-12-21(33-4)14-17(22)2/h5-15,24,29H,1-4H3/b25-23-. The van der Waals surface area contributed by atoms with E-state index >= 15 is 0 Å². The Morgan fingerprint density at radius 1 is 0.879 bits per heavy atom. The van der Waals surface area contributed by atoms with Crippen LogP contribution >= 0.6 is 0 Å². The van der Waals surface area contributed by atoms with Crippen molar-refractivity contribution in [3.8, 4) is 11.5 Å². The lowest BCUT2D eigenvalue weighted by Crippen LogP contribution is -2.29. The van der Waals surface area contributed by atoms with E-state index in [0.29, 0.717) is 28.3 Å². The van der Waals surface area contributed by atoms with Gasteiger partial charge in [-0.1, -0.05) is 29.8 Å². The zero-order valence-electron chi connectivity index (χ0n) is 19.0. The highest BCUT2D eigenvalue weighted by Crippen LogP contribution is 2.43. The molecule has 33 heavy (non-hydrogen) atoms. The number of benzene rings is 3. The molecule has 0 spiro atoms. The van der Waals surface area contributed by atoms with Gasteiger partial charge in [0.2, 0.25) is 0 Å². The van der Waals surface area contributed by atoms with Crippen LogP contribution in [0.3, 0.4) is 0 Å². The summed E-state index contributed by atoms with van der Waals surface area (Å²) in [7, 11) is 3.11. The second kappa shape index (κ2) is 8.82. The minimum atomic E-state index is -0.815. The van der Waals surface area contributed by atoms with E-state index in [0.717, 1.165) is 11.1 Å². The van der Waals surface area contributed by atoms with Gasteiger partial charge < -0.3 is 14.6 Å². The van der Waals surface area contributed by atoms with Crippen molar-refractivity contribution in [2.45, 2.75) is 19.9 Å². The lowest BCUT2D eigenvalue weighted by molar-refractivity contribution is -0.132. The molecule has 6 nitrogen and oxygen atoms in total. The molecule has 1 fully saturated rings. The maximum atomic E-state index is 13.3. The van der Waals surface area contributed by atoms with Gasteiger partial charge in [0.05, 0.1) is 25.8 Å². The highest BCUT2D eigenvalue weighted by atomic mass is 16.5. The van der Waals surface area contributed by atoms with Crippen LogP contribution in [0.4, 0.5) is 5.69 Å². The van der Waals surface area contributed by atoms with Crippen molar-refractivity contribution in [2.24, 2.45) is 0 Å². The number of aryl methyl sites for hydroxylation is 2. The van der Waals surface area contributed by atoms with Gasteiger partial charge in [-0.3, -0.25) is 14.5 Å². The molecule has 1 aliphatic heterocycles. The predicted molar refractivity (Wildman–Crippen MR) is 127 cm³/mol. The fourth-order valence-corrected chi connectivity index (χ4v) is 4.11. The maximum absolute atomic E-state index is 13.3. The van der Waals surface area contributed by atoms with E-state index in [4.69, 9.17) is 9.47 Å². The number of carbonyl (C=O) groups excluding carboxylic acids is 2. The number of aliphatic hydroxyl groups excluding tert-OH is 1. The summed E-state index contributed by atoms with van der Waals surface area (Å²) < 4.78 is 10.6. The molecule has 1 heterocycles. The second-order valence-electron chi connectivity index (χ2n) is 7.96. The number of anilines is 1. The molecule has 1 amide bonds. The Balaban J connectivity index is 1.96. The van der Waals surface area contributed by atoms with Crippen molar-refractivity contribution in [3.05, 3.63) is 94.6 Å². The fraction of sp³-hybridized carbons (Fsp3) is 0.185. The van der Waals surface area contributed by atoms with Gasteiger partial charge in [0, 0.05) is 11.3 Å². The van der Waals surface area contributed by atoms with Gasteiger partial charge in [-0.2, -0.15) is 0 Å². The predicted octanol–water partition coefficient (Wildman–Crippen LogP) is 4.95. The quantitative estimate of drug-likeness (QED) is 0.343. The minimum Gasteiger partial charge on any atom is -0.507 e. The lowest BCUT2D eigenvalue weighted by atomic mass is 9.93. The Kier molecular flexibility index (Phi) is 5.92. The first kappa shape index (κ1) is 22.1. The Labute approximate surface area is 192 Å². The van der Waals surface area contributed by atoms with Crippen LogP contribution in [0.5, 0.6) is 11.5 Å². The molecule has 1 atom stereocenters. The van der Waals surface area contributed by atoms with Crippen LogP contribution in [0.25, 0.3) is 5.76 Å². The first-order valence-corrected chi connectivity index (χ1v) is 10.5. The molecule has 0 aromatic heterocycles. The summed E-state index contributed by atoms with van der Waals surface area (Å²) in [5, 5.41) is 11.3. The molecule has 168 valence electrons. The smallest absolute Gasteiger partial charge is 0.300 e. The minimum absolute atomic E-state index is 0.0297. The highest BCUT2D eigenvalue weighted by Gasteiger charge is 2.47. The SMILES string of the molecule is COc1cccc(C2/C(=C(/O)c3ccc(OC)cc3C)C(=O)C(=O)N2c2ccc(C)cc2)c1. The van der Waals surface area contributed by atoms with Crippen LogP contribution in [0.2, 0.25) is 0 Å². The summed E-state index contributed by atoms with van der Waals surface area (Å²) in [6.07, 6.45) is 0. The van der Waals surface area contributed by atoms with E-state index in [9.17, 15) is 14.7 Å². The van der Waals surface area contributed by atoms with Crippen molar-refractivity contribution in [1.82, 2.24) is 0 Å². The number of amides is 1. The van der Waals surface area contributed by atoms with Crippen LogP contribution in [0, 0.1) is 13.8 Å². The van der Waals surface area contributed by atoms with E-state index < -0.39 is 17.7 Å². The zero-order chi connectivity index (χ0) is 23.7. The molecule has 0 radical (unpaired) electrons. The molecule has 4 rings (SSSR count). The molecule has 1 aliphatic rings. The number of hydrogen-bond acceptors (Lipinski definition) is 5. The van der Waals surface area contributed by atoms with Crippen LogP contribution in [-0.4, -0.2) is 31.0 Å². The number of hydrogen-bond donors (Lipinski definition) is 1. The molecule has 0 saturated carbocycles. The van der Waals surface area contributed by atoms with Crippen LogP contribution in [-0.2, 0) is 9.59 Å². The summed E-state index contributed by atoms with van der Waals surface area (Å²) in [5.74, 6) is -0.442. The van der Waals surface area contributed by atoms with E-state index in [1.165, 1.54) is 4.90 Å². The van der Waals surface area contributed by atoms with Gasteiger partial charge >= 0.3 is 0 Å². The average molecular weight is 443 g/mol. The Bertz CT molecular complexity index is 1260. The first-order chi connectivity index (χ1) is 15.8. The third-order valence-corrected chi connectivity index (χ3v) is 5.85. The van der Waals surface area contributed by atoms with Crippen LogP contribution in [0.1, 0.15) is 28.3 Å². The van der Waals surface area contributed by atoms with Gasteiger partial charge in [0.1, 0.15) is 17.3 Å².